The molecular formula is C80H120N15O40P5S5. The minimum Gasteiger partial charge on any atom is -0.468 e. The second-order valence-electron chi connectivity index (χ2n) is 37.2. The Morgan fingerprint density at radius 2 is 0.614 bits per heavy atom. The lowest BCUT2D eigenvalue weighted by Crippen LogP contribution is -2.49. The molecular weight excluding hydrogens is 2130 g/mol. The number of hydrogen-bond acceptors (Lipinski definition) is 45. The third-order valence-corrected chi connectivity index (χ3v) is 33.2. The third-order valence-electron chi connectivity index (χ3n) is 23.2. The van der Waals surface area contributed by atoms with Gasteiger partial charge in [-0.15, -0.1) is 0 Å². The van der Waals surface area contributed by atoms with Crippen LogP contribution in [0.15, 0.2) is 85.3 Å². The molecule has 15 heterocycles. The zero-order chi connectivity index (χ0) is 108. The van der Waals surface area contributed by atoms with E-state index < -0.39 is 241 Å². The molecule has 55 nitrogen and oxygen atoms in total. The van der Waals surface area contributed by atoms with E-state index >= 15 is 0 Å². The van der Waals surface area contributed by atoms with Crippen LogP contribution < -0.4 is 53.2 Å². The predicted molar refractivity (Wildman–Crippen MR) is 513 cm³/mol. The monoisotopic (exact) mass is 2250 g/mol. The number of ether oxygens (including phenoxy) is 10. The molecule has 0 aliphatic carbocycles. The van der Waals surface area contributed by atoms with E-state index in [2.05, 4.69) is 55.1 Å². The van der Waals surface area contributed by atoms with Gasteiger partial charge in [0.15, 0.2) is 55.0 Å². The topological polar surface area (TPSA) is 706 Å². The van der Waals surface area contributed by atoms with Crippen LogP contribution in [-0.4, -0.2) is 288 Å². The summed E-state index contributed by atoms with van der Waals surface area (Å²) in [5.74, 6) is -3.06. The van der Waals surface area contributed by atoms with Crippen LogP contribution in [0.3, 0.4) is 0 Å². The molecule has 10 unspecified atom stereocenters. The van der Waals surface area contributed by atoms with E-state index in [9.17, 15) is 96.3 Å². The van der Waals surface area contributed by atoms with Crippen molar-refractivity contribution in [2.45, 2.75) is 287 Å². The number of fused-ring (bicyclic) bond motifs is 5. The first-order valence-corrected chi connectivity index (χ1v) is 54.9. The normalized spacial score (nSPS) is 35.3. The van der Waals surface area contributed by atoms with Crippen molar-refractivity contribution in [2.24, 2.45) is 5.41 Å². The standard InChI is InChI=1S/C18H28N3O8PS.C17H26N3O8PS.C16H24N3O8PS.C15H22N3O8PS.C14H20N3O8PS/c1-10(14(23)26-9-17(2,3)4)20-30(25)27-8-11-13(29-30)18(5,24)15(28-11)21-7-6-12(22)19-16(21)31;1-4-5-8-25-14(22)10(2)19-29(24)26-9-11-13(28-29)17(3,23)15(27-11)20-7-6-12(21)18-16(20)30;1-8(2)25-13(21)9(3)18-28(23)24-7-10-12(27-28)16(4,22)14(26-10)19-6-5-11(20)17-15(19)29;1-4-23-12(20)8(2)17-27(22)24-7-9-11(26-27)15(3,21)13(25-9)18-6-5-10(19)16-14(18)28;1-7(11(19)22-3)16-26(21)23-6-8-10(25-26)14(2,20)12(24-8)17-5-4-9(18)15-13(17)27/h6-7,10-11,13,15,24H,8-9H2,1-5H3,(H,20,25)(H,19,22,31);6-7,10-11,13,15,23H,4-5,8-9H2,1-3H3,(H,19,24)(H,18,21,30);5-6,8-10,12,14,22H,7H2,1-4H3,(H,18,23)(H,17,20,29);5-6,8-9,11,13,21H,4,7H2,1-3H3,(H,17,22)(H,16,19,28);4-5,7-8,10,12,20H,6H2,1-3H3,(H,16,21)(H,15,18,27)/t10-,11+,13-,15+,18?,30?;10-,11+,13-,15+,17?,29?;9-,10+,12-,14+,16?,28?;8-,9+,11-,13+,15?,27?;7-,8+,10-,12+,14?,26?/m00000/s1. The SMILES string of the molecule is CC(C)OC(=O)[C@H](C)NP1(=O)OC[C@H]2O[C@@H](n3ccc(=O)[nH]c3=S)C(C)(O)[C@H]2O1.CCCCOC(=O)[C@H](C)NP1(=O)OC[C@H]2O[C@@H](n3ccc(=O)[nH]c3=S)C(C)(O)[C@H]2O1.CCOC(=O)[C@H](C)NP1(=O)OC[C@H]2O[C@@H](n3ccc(=O)[nH]c3=S)C(C)(O)[C@H]2O1.COC(=O)[C@H](C)NP1(=O)OC[C@H]2O[C@@H](n3ccc(=O)[nH]c3=S)C(C)(O)[C@H]2O1.C[C@H](NP1(=O)OC[C@H]2O[C@@H](n3ccc(=O)[nH]c3=S)C(C)(O)[C@H]2O1)C(=O)OCC(C)(C)C. The number of aromatic nitrogens is 10. The summed E-state index contributed by atoms with van der Waals surface area (Å²) in [5, 5.41) is 68.0. The average Bonchev–Trinajstić information content (AvgIpc) is 1.61. The fraction of sp³-hybridized carbons (Fsp3) is 0.688. The van der Waals surface area contributed by atoms with Crippen molar-refractivity contribution in [1.29, 1.82) is 0 Å². The van der Waals surface area contributed by atoms with E-state index in [0.717, 1.165) is 12.8 Å². The Morgan fingerprint density at radius 1 is 0.393 bits per heavy atom. The smallest absolute Gasteiger partial charge is 0.406 e. The van der Waals surface area contributed by atoms with Crippen molar-refractivity contribution < 1.29 is 165 Å². The molecule has 5 aromatic heterocycles. The van der Waals surface area contributed by atoms with Crippen LogP contribution in [0.25, 0.3) is 0 Å². The molecule has 0 spiro atoms. The van der Waals surface area contributed by atoms with E-state index in [1.54, 1.807) is 20.8 Å². The summed E-state index contributed by atoms with van der Waals surface area (Å²) in [4.78, 5) is 129. The first-order chi connectivity index (χ1) is 67.4. The summed E-state index contributed by atoms with van der Waals surface area (Å²) in [6.07, 6.45) is -5.76. The first kappa shape index (κ1) is 118. The summed E-state index contributed by atoms with van der Waals surface area (Å²) in [5.41, 5.74) is -10.5. The number of carbonyl (C=O) groups is 5. The predicted octanol–water partition coefficient (Wildman–Crippen LogP) is 4.90. The highest BCUT2D eigenvalue weighted by atomic mass is 32.1. The fourth-order valence-corrected chi connectivity index (χ4v) is 26.1. The number of hydrogen-bond donors (Lipinski definition) is 15. The highest BCUT2D eigenvalue weighted by molar-refractivity contribution is 7.72. The van der Waals surface area contributed by atoms with Crippen LogP contribution in [0.1, 0.15) is 162 Å². The van der Waals surface area contributed by atoms with Gasteiger partial charge in [0, 0.05) is 61.3 Å². The van der Waals surface area contributed by atoms with E-state index in [4.69, 9.17) is 149 Å². The number of nitrogens with zero attached hydrogens (tertiary/aromatic N) is 5. The molecule has 10 saturated heterocycles. The van der Waals surface area contributed by atoms with Gasteiger partial charge >= 0.3 is 68.6 Å². The van der Waals surface area contributed by atoms with Crippen LogP contribution >= 0.6 is 99.8 Å². The summed E-state index contributed by atoms with van der Waals surface area (Å²) < 4.78 is 180. The molecule has 0 saturated carbocycles. The van der Waals surface area contributed by atoms with Gasteiger partial charge in [0.2, 0.25) is 0 Å². The molecule has 65 heteroatoms. The number of rotatable bonds is 26. The molecule has 10 fully saturated rings. The molecule has 5 aromatic rings. The molecule has 30 atom stereocenters. The molecule has 15 rings (SSSR count). The summed E-state index contributed by atoms with van der Waals surface area (Å²) >= 11 is 25.7. The molecule has 0 bridgehead atoms. The van der Waals surface area contributed by atoms with Gasteiger partial charge in [0.1, 0.15) is 119 Å². The zero-order valence-electron chi connectivity index (χ0n) is 81.5. The van der Waals surface area contributed by atoms with E-state index in [-0.39, 0.29) is 93.8 Å². The molecule has 145 heavy (non-hydrogen) atoms. The fourth-order valence-electron chi connectivity index (χ4n) is 15.9. The van der Waals surface area contributed by atoms with Crippen molar-refractivity contribution in [3.63, 3.8) is 0 Å². The van der Waals surface area contributed by atoms with Gasteiger partial charge in [-0.2, -0.15) is 0 Å². The first-order valence-electron chi connectivity index (χ1n) is 45.1. The second kappa shape index (κ2) is 47.1. The van der Waals surface area contributed by atoms with Crippen molar-refractivity contribution >= 4 is 130 Å². The van der Waals surface area contributed by atoms with Crippen molar-refractivity contribution in [2.75, 3.05) is 60.0 Å². The summed E-state index contributed by atoms with van der Waals surface area (Å²) in [6.45, 7) is 27.2. The van der Waals surface area contributed by atoms with Crippen molar-refractivity contribution in [1.82, 2.24) is 73.2 Å². The van der Waals surface area contributed by atoms with E-state index in [1.165, 1.54) is 160 Å². The second-order valence-corrected chi connectivity index (χ2v) is 47.7. The Bertz CT molecular complexity index is 6460. The summed E-state index contributed by atoms with van der Waals surface area (Å²) in [7, 11) is -18.5. The number of methoxy groups -OCH3 is 1. The van der Waals surface area contributed by atoms with Crippen LogP contribution in [0.4, 0.5) is 0 Å². The minimum absolute atomic E-state index is 0.0490. The Balaban J connectivity index is 0.000000173. The third kappa shape index (κ3) is 28.1. The van der Waals surface area contributed by atoms with E-state index in [1.807, 2.05) is 27.7 Å². The molecule has 0 radical (unpaired) electrons. The lowest BCUT2D eigenvalue weighted by molar-refractivity contribution is -0.149. The number of aliphatic hydroxyl groups is 5. The Labute approximate surface area is 852 Å². The van der Waals surface area contributed by atoms with Crippen LogP contribution in [-0.2, 0) is 139 Å². The number of nitrogens with one attached hydrogen (secondary N) is 10. The number of aromatic amines is 5. The average molecular weight is 2250 g/mol. The van der Waals surface area contributed by atoms with E-state index in [0.29, 0.717) is 0 Å². The Kier molecular flexibility index (Phi) is 38.4. The Morgan fingerprint density at radius 3 is 0.821 bits per heavy atom. The molecule has 10 aliphatic rings. The molecule has 810 valence electrons. The maximum absolute atomic E-state index is 13.1. The van der Waals surface area contributed by atoms with Gasteiger partial charge in [-0.25, -0.2) is 48.3 Å². The molecule has 0 aromatic carbocycles. The van der Waals surface area contributed by atoms with Gasteiger partial charge in [-0.05, 0) is 163 Å². The molecule has 0 amide bonds. The number of esters is 5. The van der Waals surface area contributed by atoms with Crippen molar-refractivity contribution in [3.05, 3.63) is 137 Å². The molecule has 15 N–H and O–H groups in total. The quantitative estimate of drug-likeness (QED) is 0.0115. The van der Waals surface area contributed by atoms with Gasteiger partial charge in [0.25, 0.3) is 27.8 Å². The number of unbranched alkanes of at least 4 members (excludes halogenated alkanes) is 1. The van der Waals surface area contributed by atoms with Crippen molar-refractivity contribution in [3.8, 4) is 0 Å². The van der Waals surface area contributed by atoms with Gasteiger partial charge in [0.05, 0.1) is 66.1 Å². The Hall–Kier alpha value is -7.00. The number of H-pyrrole nitrogens is 5. The number of carbonyl (C=O) groups excluding carboxylic acids is 5. The van der Waals surface area contributed by atoms with Crippen LogP contribution in [0.5, 0.6) is 0 Å². The van der Waals surface area contributed by atoms with Gasteiger partial charge in [-0.1, -0.05) is 34.1 Å². The van der Waals surface area contributed by atoms with Gasteiger partial charge in [-0.3, -0.25) is 141 Å². The largest absolute Gasteiger partial charge is 0.468 e. The molecule has 10 aliphatic heterocycles. The van der Waals surface area contributed by atoms with Gasteiger partial charge < -0.3 is 72.9 Å². The maximum Gasteiger partial charge on any atom is 0.406 e. The van der Waals surface area contributed by atoms with Crippen LogP contribution in [0.2, 0.25) is 0 Å². The zero-order valence-corrected chi connectivity index (χ0v) is 90.1. The lowest BCUT2D eigenvalue weighted by Gasteiger charge is -2.36. The summed E-state index contributed by atoms with van der Waals surface area (Å²) in [6, 6.07) is 1.42. The highest BCUT2D eigenvalue weighted by Crippen LogP contribution is 2.62. The minimum atomic E-state index is -3.96. The highest BCUT2D eigenvalue weighted by Gasteiger charge is 2.66. The lowest BCUT2D eigenvalue weighted by atomic mass is 9.96. The maximum atomic E-state index is 13.1. The van der Waals surface area contributed by atoms with Crippen LogP contribution in [0, 0.1) is 29.3 Å².